The van der Waals surface area contributed by atoms with Gasteiger partial charge in [-0.15, -0.1) is 11.3 Å². The van der Waals surface area contributed by atoms with Crippen molar-refractivity contribution < 1.29 is 23.8 Å². The number of nitrogens with zero attached hydrogens (tertiary/aromatic N) is 3. The van der Waals surface area contributed by atoms with E-state index >= 15 is 0 Å². The van der Waals surface area contributed by atoms with Crippen LogP contribution in [0.2, 0.25) is 0 Å². The molecule has 2 atom stereocenters. The van der Waals surface area contributed by atoms with Crippen LogP contribution in [0.1, 0.15) is 46.2 Å². The molecule has 11 heteroatoms. The number of methoxy groups -OCH3 is 2. The van der Waals surface area contributed by atoms with Crippen LogP contribution in [-0.2, 0) is 20.8 Å². The number of hydrogen-bond acceptors (Lipinski definition) is 9. The number of hydrogen-bond donors (Lipinski definition) is 2. The van der Waals surface area contributed by atoms with Gasteiger partial charge < -0.3 is 29.7 Å². The molecule has 2 fully saturated rings. The largest absolute Gasteiger partial charge is 0.383 e. The number of amides is 2. The van der Waals surface area contributed by atoms with E-state index in [-0.39, 0.29) is 17.9 Å². The lowest BCUT2D eigenvalue weighted by Crippen LogP contribution is -2.44. The highest BCUT2D eigenvalue weighted by Crippen LogP contribution is 2.27. The first kappa shape index (κ1) is 27.5. The third kappa shape index (κ3) is 7.05. The molecular weight excluding hydrogens is 494 g/mol. The summed E-state index contributed by atoms with van der Waals surface area (Å²) in [7, 11) is 3.30. The molecule has 10 nitrogen and oxygen atoms in total. The van der Waals surface area contributed by atoms with Crippen LogP contribution in [0.5, 0.6) is 0 Å². The molecule has 2 N–H and O–H groups in total. The molecule has 37 heavy (non-hydrogen) atoms. The molecule has 2 aliphatic heterocycles. The number of thiazole rings is 1. The highest BCUT2D eigenvalue weighted by atomic mass is 32.1. The van der Waals surface area contributed by atoms with Crippen molar-refractivity contribution >= 4 is 34.0 Å². The van der Waals surface area contributed by atoms with Crippen LogP contribution >= 0.6 is 11.3 Å². The Bertz CT molecular complexity index is 1060. The van der Waals surface area contributed by atoms with Crippen molar-refractivity contribution in [3.63, 3.8) is 0 Å². The summed E-state index contributed by atoms with van der Waals surface area (Å²) in [6, 6.07) is 5.98. The van der Waals surface area contributed by atoms with Crippen LogP contribution < -0.4 is 15.5 Å². The molecule has 1 aromatic heterocycles. The molecule has 0 spiro atoms. The van der Waals surface area contributed by atoms with Crippen molar-refractivity contribution in [3.05, 3.63) is 40.4 Å². The van der Waals surface area contributed by atoms with E-state index < -0.39 is 0 Å². The average molecular weight is 532 g/mol. The van der Waals surface area contributed by atoms with E-state index in [4.69, 9.17) is 14.2 Å². The van der Waals surface area contributed by atoms with E-state index in [1.54, 1.807) is 25.7 Å². The maximum atomic E-state index is 13.1. The summed E-state index contributed by atoms with van der Waals surface area (Å²) in [5, 5.41) is 8.33. The fourth-order valence-electron chi connectivity index (χ4n) is 4.65. The molecule has 2 aliphatic rings. The van der Waals surface area contributed by atoms with Crippen molar-refractivity contribution in [2.45, 2.75) is 38.5 Å². The van der Waals surface area contributed by atoms with Crippen LogP contribution in [0.3, 0.4) is 0 Å². The summed E-state index contributed by atoms with van der Waals surface area (Å²) in [6.45, 7) is 7.53. The molecule has 1 aromatic carbocycles. The van der Waals surface area contributed by atoms with Gasteiger partial charge in [-0.25, -0.2) is 4.98 Å². The first-order chi connectivity index (χ1) is 18.0. The van der Waals surface area contributed by atoms with Crippen LogP contribution in [0.15, 0.2) is 23.6 Å². The zero-order valence-electron chi connectivity index (χ0n) is 21.8. The molecule has 2 amide bonds. The Morgan fingerprint density at radius 2 is 2.11 bits per heavy atom. The minimum atomic E-state index is -0.345. The Kier molecular flexibility index (Phi) is 9.87. The predicted octanol–water partition coefficient (Wildman–Crippen LogP) is 2.61. The number of ether oxygens (including phenoxy) is 3. The quantitative estimate of drug-likeness (QED) is 0.427. The van der Waals surface area contributed by atoms with Crippen molar-refractivity contribution in [3.8, 4) is 0 Å². The third-order valence-electron chi connectivity index (χ3n) is 6.85. The average Bonchev–Trinajstić information content (AvgIpc) is 3.60. The van der Waals surface area contributed by atoms with Gasteiger partial charge in [-0.2, -0.15) is 0 Å². The minimum Gasteiger partial charge on any atom is -0.383 e. The van der Waals surface area contributed by atoms with Gasteiger partial charge in [0, 0.05) is 58.4 Å². The van der Waals surface area contributed by atoms with E-state index in [1.165, 1.54) is 11.3 Å². The molecule has 0 bridgehead atoms. The van der Waals surface area contributed by atoms with Crippen LogP contribution in [0.4, 0.5) is 10.8 Å². The Morgan fingerprint density at radius 1 is 1.24 bits per heavy atom. The van der Waals surface area contributed by atoms with E-state index in [1.807, 2.05) is 12.1 Å². The molecule has 0 aliphatic carbocycles. The van der Waals surface area contributed by atoms with Gasteiger partial charge in [0.1, 0.15) is 5.69 Å². The highest BCUT2D eigenvalue weighted by molar-refractivity contribution is 7.14. The van der Waals surface area contributed by atoms with Gasteiger partial charge >= 0.3 is 0 Å². The van der Waals surface area contributed by atoms with Gasteiger partial charge in [0.15, 0.2) is 5.13 Å². The van der Waals surface area contributed by atoms with Gasteiger partial charge in [-0.05, 0) is 30.5 Å². The molecule has 0 saturated carbocycles. The number of aromatic nitrogens is 1. The van der Waals surface area contributed by atoms with E-state index in [0.29, 0.717) is 55.9 Å². The Morgan fingerprint density at radius 3 is 2.86 bits per heavy atom. The fraction of sp³-hybridized carbons (Fsp3) is 0.577. The molecule has 0 unspecified atom stereocenters. The summed E-state index contributed by atoms with van der Waals surface area (Å²) >= 11 is 1.44. The van der Waals surface area contributed by atoms with E-state index in [9.17, 15) is 9.59 Å². The van der Waals surface area contributed by atoms with Crippen molar-refractivity contribution in [2.75, 3.05) is 70.4 Å². The Balaban J connectivity index is 1.49. The van der Waals surface area contributed by atoms with E-state index in [0.717, 1.165) is 43.2 Å². The molecule has 0 radical (unpaired) electrons. The number of rotatable bonds is 11. The second-order valence-corrected chi connectivity index (χ2v) is 10.1. The normalized spacial score (nSPS) is 20.2. The van der Waals surface area contributed by atoms with Crippen LogP contribution in [-0.4, -0.2) is 94.1 Å². The zero-order chi connectivity index (χ0) is 26.2. The molecule has 2 aromatic rings. The lowest BCUT2D eigenvalue weighted by molar-refractivity contribution is -0.0127. The van der Waals surface area contributed by atoms with Crippen molar-refractivity contribution in [1.82, 2.24) is 15.2 Å². The predicted molar refractivity (Wildman–Crippen MR) is 144 cm³/mol. The SMILES string of the molecule is CC[C@H]1COCCN1Cc1ccc(NC(=O)c2csc(N3CC[C@H](OC)C3)n2)c(C(=O)NCCOC)c1. The molecule has 2 saturated heterocycles. The van der Waals surface area contributed by atoms with Gasteiger partial charge in [0.25, 0.3) is 11.8 Å². The summed E-state index contributed by atoms with van der Waals surface area (Å²) < 4.78 is 16.1. The Hall–Kier alpha value is -2.57. The van der Waals surface area contributed by atoms with Crippen molar-refractivity contribution in [1.29, 1.82) is 0 Å². The maximum absolute atomic E-state index is 13.1. The molecular formula is C26H37N5O5S. The second kappa shape index (κ2) is 13.3. The molecule has 202 valence electrons. The number of benzene rings is 1. The smallest absolute Gasteiger partial charge is 0.275 e. The minimum absolute atomic E-state index is 0.184. The van der Waals surface area contributed by atoms with Gasteiger partial charge in [-0.1, -0.05) is 13.0 Å². The Labute approximate surface area is 222 Å². The second-order valence-electron chi connectivity index (χ2n) is 9.30. The molecule has 4 rings (SSSR count). The first-order valence-electron chi connectivity index (χ1n) is 12.8. The van der Waals surface area contributed by atoms with Gasteiger partial charge in [0.2, 0.25) is 0 Å². The monoisotopic (exact) mass is 531 g/mol. The standard InChI is InChI=1S/C26H37N5O5S/c1-4-19-16-36-12-10-30(19)14-18-5-6-22(21(13-18)24(32)27-8-11-34-2)28-25(33)23-17-37-26(29-23)31-9-7-20(15-31)35-3/h5-6,13,17,19-20H,4,7-12,14-16H2,1-3H3,(H,27,32)(H,28,33)/t19-,20-/m0/s1. The summed E-state index contributed by atoms with van der Waals surface area (Å²) in [4.78, 5) is 35.2. The lowest BCUT2D eigenvalue weighted by atomic mass is 10.1. The van der Waals surface area contributed by atoms with Gasteiger partial charge in [-0.3, -0.25) is 14.5 Å². The van der Waals surface area contributed by atoms with E-state index in [2.05, 4.69) is 32.3 Å². The lowest BCUT2D eigenvalue weighted by Gasteiger charge is -2.35. The highest BCUT2D eigenvalue weighted by Gasteiger charge is 2.26. The topological polar surface area (TPSA) is 105 Å². The summed E-state index contributed by atoms with van der Waals surface area (Å²) in [5.41, 5.74) is 2.21. The number of carbonyl (C=O) groups excluding carboxylic acids is 2. The number of carbonyl (C=O) groups is 2. The summed E-state index contributed by atoms with van der Waals surface area (Å²) in [6.07, 6.45) is 2.12. The molecule has 3 heterocycles. The van der Waals surface area contributed by atoms with Crippen molar-refractivity contribution in [2.24, 2.45) is 0 Å². The summed E-state index contributed by atoms with van der Waals surface area (Å²) in [5.74, 6) is -0.604. The zero-order valence-corrected chi connectivity index (χ0v) is 22.6. The fourth-order valence-corrected chi connectivity index (χ4v) is 5.49. The van der Waals surface area contributed by atoms with Gasteiger partial charge in [0.05, 0.1) is 37.2 Å². The van der Waals surface area contributed by atoms with Crippen LogP contribution in [0.25, 0.3) is 0 Å². The number of anilines is 2. The first-order valence-corrected chi connectivity index (χ1v) is 13.7. The maximum Gasteiger partial charge on any atom is 0.275 e. The van der Waals surface area contributed by atoms with Crippen LogP contribution in [0, 0.1) is 0 Å². The third-order valence-corrected chi connectivity index (χ3v) is 7.75. The number of morpholine rings is 1. The number of nitrogens with one attached hydrogen (secondary N) is 2.